The minimum absolute atomic E-state index is 0.0687. The molecular formula is C73H120N2O32. The molecule has 614 valence electrons. The maximum Gasteiger partial charge on any atom is 0.320 e. The highest BCUT2D eigenvalue weighted by Gasteiger charge is 2.22. The summed E-state index contributed by atoms with van der Waals surface area (Å²) in [5, 5.41) is 19.2. The highest BCUT2D eigenvalue weighted by atomic mass is 16.6. The minimum Gasteiger partial charge on any atom is -0.489 e. The molecule has 0 aliphatic heterocycles. The van der Waals surface area contributed by atoms with Crippen LogP contribution in [0.4, 0.5) is 0 Å². The third-order valence-electron chi connectivity index (χ3n) is 14.3. The van der Waals surface area contributed by atoms with Crippen LogP contribution in [-0.2, 0) is 124 Å². The SMILES string of the molecule is CCN(CCN(CC(=O)O)CC(=O)OCc1cc(OCc2cc(OCCOCCOCCOC)c(OCCOCCOCCOC)c(OCCOCCOCCOC)c2)cc(OCc2cc(OCCOCCOCCOC)c(OCCOCCOCCOC)c(OCCOCCOCCOC)c2)c1)CC(=O)O. The van der Waals surface area contributed by atoms with Gasteiger partial charge in [0.2, 0.25) is 11.5 Å². The molecule has 0 saturated heterocycles. The Bertz CT molecular complexity index is 2440. The smallest absolute Gasteiger partial charge is 0.320 e. The molecule has 3 aromatic rings. The van der Waals surface area contributed by atoms with Crippen molar-refractivity contribution in [3.05, 3.63) is 59.2 Å². The molecule has 0 aliphatic carbocycles. The minimum atomic E-state index is -1.18. The number of nitrogens with zero attached hydrogens (tertiary/aromatic N) is 2. The van der Waals surface area contributed by atoms with Crippen molar-refractivity contribution in [2.75, 3.05) is 320 Å². The molecule has 34 heteroatoms. The first-order chi connectivity index (χ1) is 52.5. The number of carbonyl (C=O) groups is 3. The quantitative estimate of drug-likeness (QED) is 0.0595. The van der Waals surface area contributed by atoms with Crippen LogP contribution in [0.15, 0.2) is 42.5 Å². The number of carboxylic acid groups (broad SMARTS) is 2. The first kappa shape index (κ1) is 94.9. The van der Waals surface area contributed by atoms with E-state index in [1.807, 2.05) is 0 Å². The lowest BCUT2D eigenvalue weighted by Gasteiger charge is -2.24. The monoisotopic (exact) mass is 1540 g/mol. The molecule has 0 aliphatic rings. The number of aliphatic carboxylic acids is 2. The Morgan fingerprint density at radius 2 is 0.523 bits per heavy atom. The number of rotatable bonds is 78. The van der Waals surface area contributed by atoms with Crippen LogP contribution in [0.3, 0.4) is 0 Å². The molecule has 0 unspecified atom stereocenters. The number of hydrogen-bond acceptors (Lipinski definition) is 32. The van der Waals surface area contributed by atoms with E-state index in [4.69, 9.17) is 128 Å². The Morgan fingerprint density at radius 3 is 0.794 bits per heavy atom. The topological polar surface area (TPSA) is 347 Å². The van der Waals surface area contributed by atoms with Crippen LogP contribution in [-0.4, -0.2) is 358 Å². The standard InChI is InChI=1S/C73H120N2O32/c1-8-74(54-69(76)77)9-10-75(55-70(78)79)56-71(80)107-59-60-47-63(105-57-61-49-65(99-41-35-93-29-23-87-17-11-81-2)72(103-45-39-97-33-27-91-21-15-85-6)66(50-61)100-42-36-94-30-24-88-18-12-82-3)53-64(48-60)106-58-62-51-67(101-43-37-95-31-25-89-19-13-83-4)73(104-46-40-98-34-28-92-22-16-86-7)68(52-62)102-44-38-96-32-26-90-20-14-84-5/h47-53H,8-46,54-59H2,1-7H3,(H,76,77)(H,78,79). The van der Waals surface area contributed by atoms with E-state index in [0.29, 0.717) is 205 Å². The molecule has 3 aromatic carbocycles. The van der Waals surface area contributed by atoms with Gasteiger partial charge < -0.3 is 138 Å². The maximum atomic E-state index is 13.7. The third kappa shape index (κ3) is 50.2. The molecule has 0 spiro atoms. The summed E-state index contributed by atoms with van der Waals surface area (Å²) in [5.41, 5.74) is 1.59. The summed E-state index contributed by atoms with van der Waals surface area (Å²) in [4.78, 5) is 40.2. The number of carboxylic acids is 2. The van der Waals surface area contributed by atoms with E-state index in [2.05, 4.69) is 0 Å². The van der Waals surface area contributed by atoms with Gasteiger partial charge in [0.25, 0.3) is 0 Å². The maximum absolute atomic E-state index is 13.7. The van der Waals surface area contributed by atoms with Crippen molar-refractivity contribution in [1.29, 1.82) is 0 Å². The molecule has 0 radical (unpaired) electrons. The van der Waals surface area contributed by atoms with Gasteiger partial charge in [0.05, 0.1) is 218 Å². The van der Waals surface area contributed by atoms with Gasteiger partial charge in [-0.1, -0.05) is 6.92 Å². The Kier molecular flexibility index (Phi) is 59.1. The van der Waals surface area contributed by atoms with E-state index in [0.717, 1.165) is 0 Å². The van der Waals surface area contributed by atoms with Gasteiger partial charge in [-0.05, 0) is 59.6 Å². The highest BCUT2D eigenvalue weighted by Crippen LogP contribution is 2.41. The van der Waals surface area contributed by atoms with Gasteiger partial charge in [-0.25, -0.2) is 0 Å². The van der Waals surface area contributed by atoms with E-state index in [1.54, 1.807) is 96.9 Å². The van der Waals surface area contributed by atoms with Crippen LogP contribution < -0.4 is 37.9 Å². The Labute approximate surface area is 629 Å². The van der Waals surface area contributed by atoms with Crippen molar-refractivity contribution in [1.82, 2.24) is 9.80 Å². The van der Waals surface area contributed by atoms with E-state index < -0.39 is 31.0 Å². The van der Waals surface area contributed by atoms with E-state index in [-0.39, 0.29) is 142 Å². The van der Waals surface area contributed by atoms with Crippen LogP contribution in [0.2, 0.25) is 0 Å². The molecule has 0 atom stereocenters. The second kappa shape index (κ2) is 66.6. The summed E-state index contributed by atoms with van der Waals surface area (Å²) < 4.78 is 156. The zero-order valence-electron chi connectivity index (χ0n) is 63.9. The average molecular weight is 1540 g/mol. The van der Waals surface area contributed by atoms with Gasteiger partial charge in [-0.2, -0.15) is 0 Å². The molecule has 0 amide bonds. The van der Waals surface area contributed by atoms with Crippen LogP contribution in [0.5, 0.6) is 46.0 Å². The summed E-state index contributed by atoms with van der Waals surface area (Å²) in [7, 11) is 9.61. The normalized spacial score (nSPS) is 11.4. The lowest BCUT2D eigenvalue weighted by Crippen LogP contribution is -2.42. The summed E-state index contributed by atoms with van der Waals surface area (Å²) in [5.74, 6) is -0.592. The summed E-state index contributed by atoms with van der Waals surface area (Å²) in [6.07, 6.45) is 0. The fourth-order valence-electron chi connectivity index (χ4n) is 9.01. The van der Waals surface area contributed by atoms with Gasteiger partial charge in [-0.3, -0.25) is 24.2 Å². The second-order valence-corrected chi connectivity index (χ2v) is 22.7. The fraction of sp³-hybridized carbons (Fsp3) is 0.712. The predicted octanol–water partition coefficient (Wildman–Crippen LogP) is 4.03. The molecule has 0 fully saturated rings. The van der Waals surface area contributed by atoms with Gasteiger partial charge in [0, 0.05) is 61.8 Å². The summed E-state index contributed by atoms with van der Waals surface area (Å²) in [6, 6.07) is 12.1. The van der Waals surface area contributed by atoms with Crippen LogP contribution in [0.25, 0.3) is 0 Å². The lowest BCUT2D eigenvalue weighted by molar-refractivity contribution is -0.148. The zero-order chi connectivity index (χ0) is 77.1. The molecule has 0 heterocycles. The van der Waals surface area contributed by atoms with E-state index in [1.165, 1.54) is 4.90 Å². The molecule has 0 bridgehead atoms. The van der Waals surface area contributed by atoms with E-state index in [9.17, 15) is 24.6 Å². The first-order valence-corrected chi connectivity index (χ1v) is 35.9. The first-order valence-electron chi connectivity index (χ1n) is 35.9. The molecule has 2 N–H and O–H groups in total. The van der Waals surface area contributed by atoms with Gasteiger partial charge in [0.1, 0.15) is 71.0 Å². The lowest BCUT2D eigenvalue weighted by atomic mass is 10.1. The highest BCUT2D eigenvalue weighted by molar-refractivity contribution is 5.74. The fourth-order valence-corrected chi connectivity index (χ4v) is 9.01. The summed E-state index contributed by atoms with van der Waals surface area (Å²) in [6.45, 7) is 11.9. The number of likely N-dealkylation sites (N-methyl/N-ethyl adjacent to an activating group) is 1. The third-order valence-corrected chi connectivity index (χ3v) is 14.3. The van der Waals surface area contributed by atoms with Crippen molar-refractivity contribution in [3.8, 4) is 46.0 Å². The molecule has 0 saturated carbocycles. The van der Waals surface area contributed by atoms with Crippen LogP contribution in [0, 0.1) is 0 Å². The Balaban J connectivity index is 2.13. The second-order valence-electron chi connectivity index (χ2n) is 22.7. The van der Waals surface area contributed by atoms with Crippen LogP contribution >= 0.6 is 0 Å². The van der Waals surface area contributed by atoms with Crippen molar-refractivity contribution in [3.63, 3.8) is 0 Å². The number of esters is 1. The molecular weight excluding hydrogens is 1420 g/mol. The zero-order valence-corrected chi connectivity index (χ0v) is 63.9. The predicted molar refractivity (Wildman–Crippen MR) is 386 cm³/mol. The number of ether oxygens (including phenoxy) is 27. The van der Waals surface area contributed by atoms with Crippen molar-refractivity contribution < 1.29 is 152 Å². The van der Waals surface area contributed by atoms with Gasteiger partial charge in [0.15, 0.2) is 23.0 Å². The number of hydrogen-bond donors (Lipinski definition) is 2. The average Bonchev–Trinajstić information content (AvgIpc) is 0.829. The number of carbonyl (C=O) groups excluding carboxylic acids is 1. The van der Waals surface area contributed by atoms with Crippen LogP contribution in [0.1, 0.15) is 23.6 Å². The van der Waals surface area contributed by atoms with Crippen molar-refractivity contribution in [2.24, 2.45) is 0 Å². The van der Waals surface area contributed by atoms with Gasteiger partial charge in [-0.15, -0.1) is 0 Å². The molecule has 0 aromatic heterocycles. The molecule has 3 rings (SSSR count). The molecule has 34 nitrogen and oxygen atoms in total. The summed E-state index contributed by atoms with van der Waals surface area (Å²) >= 11 is 0. The number of methoxy groups -OCH3 is 6. The van der Waals surface area contributed by atoms with Gasteiger partial charge >= 0.3 is 17.9 Å². The number of benzene rings is 3. The molecule has 107 heavy (non-hydrogen) atoms. The Hall–Kier alpha value is -6.33. The largest absolute Gasteiger partial charge is 0.489 e. The van der Waals surface area contributed by atoms with Crippen molar-refractivity contribution >= 4 is 17.9 Å². The van der Waals surface area contributed by atoms with Crippen molar-refractivity contribution in [2.45, 2.75) is 26.7 Å². The Morgan fingerprint density at radius 1 is 0.280 bits per heavy atom. The van der Waals surface area contributed by atoms with E-state index >= 15 is 0 Å².